The van der Waals surface area contributed by atoms with E-state index in [0.29, 0.717) is 0 Å². The van der Waals surface area contributed by atoms with Crippen molar-refractivity contribution in [2.75, 3.05) is 13.7 Å². The fourth-order valence-electron chi connectivity index (χ4n) is 1.10. The summed E-state index contributed by atoms with van der Waals surface area (Å²) in [6.45, 7) is 2.38. The topological polar surface area (TPSA) is 44.8 Å². The molecule has 0 bridgehead atoms. The zero-order valence-corrected chi connectivity index (χ0v) is 7.41. The predicted molar refractivity (Wildman–Crippen MR) is 41.5 cm³/mol. The summed E-state index contributed by atoms with van der Waals surface area (Å²) in [5.41, 5.74) is 0. The summed E-state index contributed by atoms with van der Waals surface area (Å²) in [6, 6.07) is 0. The smallest absolute Gasteiger partial charge is 0.334 e. The highest BCUT2D eigenvalue weighted by Crippen LogP contribution is 2.15. The minimum atomic E-state index is -0.530. The summed E-state index contributed by atoms with van der Waals surface area (Å²) in [7, 11) is 1.34. The van der Waals surface area contributed by atoms with E-state index in [9.17, 15) is 4.79 Å². The van der Waals surface area contributed by atoms with Gasteiger partial charge in [-0.25, -0.2) is 4.79 Å². The average molecular weight is 174 g/mol. The van der Waals surface area contributed by atoms with Crippen molar-refractivity contribution >= 4 is 5.97 Å². The quantitative estimate of drug-likeness (QED) is 0.591. The van der Waals surface area contributed by atoms with Gasteiger partial charge in [-0.05, 0) is 13.3 Å². The monoisotopic (exact) mass is 174 g/mol. The lowest BCUT2D eigenvalue weighted by molar-refractivity contribution is -0.177. The molecule has 0 spiro atoms. The lowest BCUT2D eigenvalue weighted by Crippen LogP contribution is -2.27. The van der Waals surface area contributed by atoms with Gasteiger partial charge in [-0.2, -0.15) is 0 Å². The highest BCUT2D eigenvalue weighted by atomic mass is 16.7. The second-order valence-electron chi connectivity index (χ2n) is 2.74. The Morgan fingerprint density at radius 3 is 2.92 bits per heavy atom. The van der Waals surface area contributed by atoms with Crippen LogP contribution >= 0.6 is 0 Å². The number of methoxy groups -OCH3 is 1. The van der Waals surface area contributed by atoms with Crippen molar-refractivity contribution in [2.24, 2.45) is 0 Å². The second-order valence-corrected chi connectivity index (χ2v) is 2.74. The van der Waals surface area contributed by atoms with Gasteiger partial charge < -0.3 is 14.2 Å². The molecule has 1 aliphatic heterocycles. The molecule has 0 amide bonds. The molecular weight excluding hydrogens is 160 g/mol. The summed E-state index contributed by atoms with van der Waals surface area (Å²) in [5.74, 6) is -0.356. The van der Waals surface area contributed by atoms with E-state index in [2.05, 4.69) is 4.74 Å². The van der Waals surface area contributed by atoms with Crippen molar-refractivity contribution in [3.05, 3.63) is 0 Å². The second kappa shape index (κ2) is 4.42. The molecule has 0 saturated carbocycles. The molecule has 0 unspecified atom stereocenters. The van der Waals surface area contributed by atoms with Crippen LogP contribution in [0.4, 0.5) is 0 Å². The van der Waals surface area contributed by atoms with Gasteiger partial charge in [-0.15, -0.1) is 0 Å². The number of esters is 1. The van der Waals surface area contributed by atoms with E-state index < -0.39 is 6.10 Å². The number of ether oxygens (including phenoxy) is 3. The summed E-state index contributed by atoms with van der Waals surface area (Å²) >= 11 is 0. The van der Waals surface area contributed by atoms with Gasteiger partial charge in [0.15, 0.2) is 12.4 Å². The first-order valence-electron chi connectivity index (χ1n) is 4.09. The molecule has 2 atom stereocenters. The molecule has 12 heavy (non-hydrogen) atoms. The third-order valence-corrected chi connectivity index (χ3v) is 1.78. The van der Waals surface area contributed by atoms with E-state index >= 15 is 0 Å². The van der Waals surface area contributed by atoms with Crippen LogP contribution in [0.25, 0.3) is 0 Å². The minimum absolute atomic E-state index is 0.223. The Labute approximate surface area is 71.8 Å². The average Bonchev–Trinajstić information content (AvgIpc) is 2.55. The molecular formula is C8H14O4. The van der Waals surface area contributed by atoms with Crippen molar-refractivity contribution in [3.8, 4) is 0 Å². The molecule has 0 aromatic rings. The lowest BCUT2D eigenvalue weighted by atomic mass is 10.3. The maximum Gasteiger partial charge on any atom is 0.334 e. The SMILES string of the molecule is COC(=O)[C@H](C)O[C@H]1CCCO1. The van der Waals surface area contributed by atoms with Gasteiger partial charge in [0.2, 0.25) is 0 Å². The molecule has 0 N–H and O–H groups in total. The standard InChI is InChI=1S/C8H14O4/c1-6(8(9)10-2)12-7-4-3-5-11-7/h6-7H,3-5H2,1-2H3/t6-,7-/m0/s1. The number of carbonyl (C=O) groups excluding carboxylic acids is 1. The fourth-order valence-corrected chi connectivity index (χ4v) is 1.10. The molecule has 0 radical (unpaired) electrons. The number of carbonyl (C=O) groups is 1. The summed E-state index contributed by atoms with van der Waals surface area (Å²) < 4.78 is 15.0. The van der Waals surface area contributed by atoms with Gasteiger partial charge in [0.25, 0.3) is 0 Å². The fraction of sp³-hybridized carbons (Fsp3) is 0.875. The first kappa shape index (κ1) is 9.48. The molecule has 1 heterocycles. The molecule has 1 saturated heterocycles. The highest BCUT2D eigenvalue weighted by Gasteiger charge is 2.22. The Morgan fingerprint density at radius 2 is 2.42 bits per heavy atom. The van der Waals surface area contributed by atoms with E-state index in [1.807, 2.05) is 0 Å². The van der Waals surface area contributed by atoms with Gasteiger partial charge >= 0.3 is 5.97 Å². The first-order valence-corrected chi connectivity index (χ1v) is 4.09. The zero-order chi connectivity index (χ0) is 8.97. The van der Waals surface area contributed by atoms with Gasteiger partial charge in [0.05, 0.1) is 7.11 Å². The van der Waals surface area contributed by atoms with Gasteiger partial charge in [0.1, 0.15) is 0 Å². The lowest BCUT2D eigenvalue weighted by Gasteiger charge is -2.15. The summed E-state index contributed by atoms with van der Waals surface area (Å²) in [6.07, 6.45) is 1.11. The van der Waals surface area contributed by atoms with Gasteiger partial charge in [0, 0.05) is 13.0 Å². The molecule has 70 valence electrons. The molecule has 4 nitrogen and oxygen atoms in total. The van der Waals surface area contributed by atoms with Crippen LogP contribution in [0.2, 0.25) is 0 Å². The van der Waals surface area contributed by atoms with Crippen LogP contribution in [0.3, 0.4) is 0 Å². The van der Waals surface area contributed by atoms with Crippen LogP contribution in [-0.2, 0) is 19.0 Å². The van der Waals surface area contributed by atoms with E-state index in [-0.39, 0.29) is 12.3 Å². The van der Waals surface area contributed by atoms with Crippen LogP contribution < -0.4 is 0 Å². The van der Waals surface area contributed by atoms with Crippen molar-refractivity contribution in [2.45, 2.75) is 32.2 Å². The Morgan fingerprint density at radius 1 is 1.67 bits per heavy atom. The maximum absolute atomic E-state index is 10.9. The van der Waals surface area contributed by atoms with Crippen LogP contribution in [0.1, 0.15) is 19.8 Å². The third-order valence-electron chi connectivity index (χ3n) is 1.78. The summed E-state index contributed by atoms with van der Waals surface area (Å²) in [4.78, 5) is 10.9. The van der Waals surface area contributed by atoms with Crippen LogP contribution in [0, 0.1) is 0 Å². The van der Waals surface area contributed by atoms with Crippen molar-refractivity contribution in [3.63, 3.8) is 0 Å². The Balaban J connectivity index is 2.24. The zero-order valence-electron chi connectivity index (χ0n) is 7.41. The van der Waals surface area contributed by atoms with Crippen LogP contribution in [0.15, 0.2) is 0 Å². The Hall–Kier alpha value is -0.610. The van der Waals surface area contributed by atoms with E-state index in [4.69, 9.17) is 9.47 Å². The maximum atomic E-state index is 10.9. The predicted octanol–water partition coefficient (Wildman–Crippen LogP) is 0.701. The number of hydrogen-bond acceptors (Lipinski definition) is 4. The van der Waals surface area contributed by atoms with E-state index in [1.165, 1.54) is 7.11 Å². The van der Waals surface area contributed by atoms with Crippen LogP contribution in [-0.4, -0.2) is 32.1 Å². The van der Waals surface area contributed by atoms with Crippen molar-refractivity contribution in [1.29, 1.82) is 0 Å². The van der Waals surface area contributed by atoms with Crippen molar-refractivity contribution < 1.29 is 19.0 Å². The Kier molecular flexibility index (Phi) is 3.49. The normalized spacial score (nSPS) is 25.3. The van der Waals surface area contributed by atoms with Gasteiger partial charge in [-0.3, -0.25) is 0 Å². The van der Waals surface area contributed by atoms with E-state index in [1.54, 1.807) is 6.92 Å². The Bertz CT molecular complexity index is 151. The van der Waals surface area contributed by atoms with Crippen molar-refractivity contribution in [1.82, 2.24) is 0 Å². The van der Waals surface area contributed by atoms with Gasteiger partial charge in [-0.1, -0.05) is 0 Å². The molecule has 0 aromatic heterocycles. The minimum Gasteiger partial charge on any atom is -0.467 e. The molecule has 0 aromatic carbocycles. The highest BCUT2D eigenvalue weighted by molar-refractivity contribution is 5.73. The third kappa shape index (κ3) is 2.46. The molecule has 1 aliphatic rings. The molecule has 1 rings (SSSR count). The largest absolute Gasteiger partial charge is 0.467 e. The summed E-state index contributed by atoms with van der Waals surface area (Å²) in [5, 5.41) is 0. The molecule has 4 heteroatoms. The molecule has 1 fully saturated rings. The number of rotatable bonds is 3. The molecule has 0 aliphatic carbocycles. The number of hydrogen-bond donors (Lipinski definition) is 0. The first-order chi connectivity index (χ1) is 5.74. The van der Waals surface area contributed by atoms with E-state index in [0.717, 1.165) is 19.4 Å². The van der Waals surface area contributed by atoms with Crippen LogP contribution in [0.5, 0.6) is 0 Å².